The molecule has 2 aliphatic heterocycles. The van der Waals surface area contributed by atoms with Gasteiger partial charge in [0, 0.05) is 44.4 Å². The molecule has 2 aromatic rings. The molecule has 2 aliphatic rings. The minimum atomic E-state index is -0.116. The molecule has 0 spiro atoms. The zero-order valence-corrected chi connectivity index (χ0v) is 18.6. The van der Waals surface area contributed by atoms with Crippen molar-refractivity contribution >= 4 is 29.0 Å². The third-order valence-electron chi connectivity index (χ3n) is 5.88. The Morgan fingerprint density at radius 1 is 1.23 bits per heavy atom. The number of carbonyl (C=O) groups is 2. The number of aromatic nitrogens is 3. The average molecular weight is 429 g/mol. The molecule has 1 N–H and O–H groups in total. The van der Waals surface area contributed by atoms with Crippen LogP contribution in [0.4, 0.5) is 5.82 Å². The molecule has 0 radical (unpaired) electrons. The molecule has 8 nitrogen and oxygen atoms in total. The maximum atomic E-state index is 13.1. The first kappa shape index (κ1) is 20.7. The summed E-state index contributed by atoms with van der Waals surface area (Å²) in [4.78, 5) is 42.8. The quantitative estimate of drug-likeness (QED) is 0.805. The summed E-state index contributed by atoms with van der Waals surface area (Å²) >= 11 is 1.57. The number of nitrogens with one attached hydrogen (secondary N) is 1. The molecule has 2 amide bonds. The van der Waals surface area contributed by atoms with Gasteiger partial charge in [0.05, 0.1) is 35.4 Å². The van der Waals surface area contributed by atoms with Gasteiger partial charge in [0.1, 0.15) is 5.82 Å². The van der Waals surface area contributed by atoms with Gasteiger partial charge in [-0.2, -0.15) is 0 Å². The van der Waals surface area contributed by atoms with Gasteiger partial charge in [-0.15, -0.1) is 11.3 Å². The molecule has 0 bridgehead atoms. The van der Waals surface area contributed by atoms with E-state index in [1.165, 1.54) is 0 Å². The van der Waals surface area contributed by atoms with Gasteiger partial charge < -0.3 is 15.1 Å². The predicted octanol–water partition coefficient (Wildman–Crippen LogP) is 2.48. The van der Waals surface area contributed by atoms with Crippen LogP contribution in [0.1, 0.15) is 60.0 Å². The number of aryl methyl sites for hydroxylation is 1. The maximum Gasteiger partial charge on any atom is 0.229 e. The Balaban J connectivity index is 1.61. The van der Waals surface area contributed by atoms with Crippen molar-refractivity contribution in [2.45, 2.75) is 58.5 Å². The molecule has 4 heterocycles. The van der Waals surface area contributed by atoms with Gasteiger partial charge in [0.25, 0.3) is 0 Å². The Kier molecular flexibility index (Phi) is 5.99. The topological polar surface area (TPSA) is 91.3 Å². The number of nitrogens with zero attached hydrogens (tertiary/aromatic N) is 5. The van der Waals surface area contributed by atoms with Gasteiger partial charge in [-0.05, 0) is 26.2 Å². The monoisotopic (exact) mass is 428 g/mol. The first-order valence-corrected chi connectivity index (χ1v) is 11.4. The summed E-state index contributed by atoms with van der Waals surface area (Å²) in [6, 6.07) is -0.116. The number of piperidine rings is 1. The SMILES string of the molecule is CNc1nc([C@@H]2CCCCN2C(=O)Cc2csc(C)n2)nc2c1CN(C(C)=O)CC2. The highest BCUT2D eigenvalue weighted by Gasteiger charge is 2.32. The Bertz CT molecular complexity index is 942. The standard InChI is InChI=1S/C21H28N6O2S/c1-13-23-15(12-30-13)10-19(29)27-8-5-4-6-18(27)21-24-17-7-9-26(14(2)28)11-16(17)20(22-3)25-21/h12,18H,4-11H2,1-3H3,(H,22,24,25)/t18-/m0/s1. The number of fused-ring (bicyclic) bond motifs is 1. The highest BCUT2D eigenvalue weighted by Crippen LogP contribution is 2.33. The van der Waals surface area contributed by atoms with E-state index >= 15 is 0 Å². The predicted molar refractivity (Wildman–Crippen MR) is 115 cm³/mol. The fourth-order valence-electron chi connectivity index (χ4n) is 4.30. The van der Waals surface area contributed by atoms with Crippen LogP contribution >= 0.6 is 11.3 Å². The third-order valence-corrected chi connectivity index (χ3v) is 6.70. The molecule has 4 rings (SSSR count). The van der Waals surface area contributed by atoms with E-state index in [1.54, 1.807) is 18.3 Å². The highest BCUT2D eigenvalue weighted by atomic mass is 32.1. The van der Waals surface area contributed by atoms with E-state index in [-0.39, 0.29) is 17.9 Å². The molecule has 1 fully saturated rings. The number of hydrogen-bond donors (Lipinski definition) is 1. The number of rotatable bonds is 4. The molecule has 30 heavy (non-hydrogen) atoms. The second-order valence-electron chi connectivity index (χ2n) is 7.93. The molecule has 0 aromatic carbocycles. The molecule has 1 atom stereocenters. The summed E-state index contributed by atoms with van der Waals surface area (Å²) in [6.07, 6.45) is 3.94. The second kappa shape index (κ2) is 8.67. The van der Waals surface area contributed by atoms with E-state index in [9.17, 15) is 9.59 Å². The summed E-state index contributed by atoms with van der Waals surface area (Å²) in [7, 11) is 1.84. The van der Waals surface area contributed by atoms with E-state index in [1.807, 2.05) is 29.2 Å². The van der Waals surface area contributed by atoms with Crippen LogP contribution in [0, 0.1) is 6.92 Å². The van der Waals surface area contributed by atoms with Gasteiger partial charge in [-0.1, -0.05) is 0 Å². The Hall–Kier alpha value is -2.55. The van der Waals surface area contributed by atoms with Gasteiger partial charge in [0.2, 0.25) is 11.8 Å². The lowest BCUT2D eigenvalue weighted by Gasteiger charge is -2.36. The van der Waals surface area contributed by atoms with Gasteiger partial charge in [-0.25, -0.2) is 15.0 Å². The van der Waals surface area contributed by atoms with Crippen LogP contribution in [0.25, 0.3) is 0 Å². The normalized spacial score (nSPS) is 18.8. The van der Waals surface area contributed by atoms with E-state index in [0.29, 0.717) is 31.8 Å². The number of anilines is 1. The summed E-state index contributed by atoms with van der Waals surface area (Å²) < 4.78 is 0. The van der Waals surface area contributed by atoms with E-state index in [4.69, 9.17) is 9.97 Å². The average Bonchev–Trinajstić information content (AvgIpc) is 3.16. The molecule has 9 heteroatoms. The number of likely N-dealkylation sites (tertiary alicyclic amines) is 1. The van der Waals surface area contributed by atoms with Crippen LogP contribution in [0.15, 0.2) is 5.38 Å². The van der Waals surface area contributed by atoms with Crippen LogP contribution < -0.4 is 5.32 Å². The van der Waals surface area contributed by atoms with Gasteiger partial charge in [0.15, 0.2) is 5.82 Å². The van der Waals surface area contributed by atoms with Gasteiger partial charge >= 0.3 is 0 Å². The minimum Gasteiger partial charge on any atom is -0.373 e. The van der Waals surface area contributed by atoms with Crippen molar-refractivity contribution in [3.8, 4) is 0 Å². The summed E-state index contributed by atoms with van der Waals surface area (Å²) in [5.74, 6) is 1.61. The van der Waals surface area contributed by atoms with E-state index in [0.717, 1.165) is 53.6 Å². The first-order chi connectivity index (χ1) is 14.5. The fourth-order valence-corrected chi connectivity index (χ4v) is 4.91. The summed E-state index contributed by atoms with van der Waals surface area (Å²) in [5, 5.41) is 6.12. The van der Waals surface area contributed by atoms with Crippen molar-refractivity contribution in [3.05, 3.63) is 33.2 Å². The molecular weight excluding hydrogens is 400 g/mol. The molecule has 0 aliphatic carbocycles. The van der Waals surface area contributed by atoms with Gasteiger partial charge in [-0.3, -0.25) is 9.59 Å². The molecule has 160 valence electrons. The van der Waals surface area contributed by atoms with Crippen molar-refractivity contribution in [1.29, 1.82) is 0 Å². The molecule has 0 unspecified atom stereocenters. The van der Waals surface area contributed by atoms with E-state index < -0.39 is 0 Å². The number of hydrogen-bond acceptors (Lipinski definition) is 7. The zero-order chi connectivity index (χ0) is 21.3. The largest absolute Gasteiger partial charge is 0.373 e. The maximum absolute atomic E-state index is 13.1. The van der Waals surface area contributed by atoms with Crippen molar-refractivity contribution in [2.24, 2.45) is 0 Å². The van der Waals surface area contributed by atoms with Crippen molar-refractivity contribution in [2.75, 3.05) is 25.5 Å². The molecule has 2 aromatic heterocycles. The smallest absolute Gasteiger partial charge is 0.229 e. The summed E-state index contributed by atoms with van der Waals surface area (Å²) in [6.45, 7) is 5.46. The lowest BCUT2D eigenvalue weighted by molar-refractivity contribution is -0.134. The lowest BCUT2D eigenvalue weighted by atomic mass is 9.99. The van der Waals surface area contributed by atoms with Crippen LogP contribution in [0.2, 0.25) is 0 Å². The van der Waals surface area contributed by atoms with Crippen LogP contribution in [0.3, 0.4) is 0 Å². The van der Waals surface area contributed by atoms with Crippen molar-refractivity contribution < 1.29 is 9.59 Å². The van der Waals surface area contributed by atoms with E-state index in [2.05, 4.69) is 10.3 Å². The van der Waals surface area contributed by atoms with Crippen molar-refractivity contribution in [3.63, 3.8) is 0 Å². The van der Waals surface area contributed by atoms with Crippen molar-refractivity contribution in [1.82, 2.24) is 24.8 Å². The summed E-state index contributed by atoms with van der Waals surface area (Å²) in [5.41, 5.74) is 2.79. The Labute approximate surface area is 180 Å². The molecule has 0 saturated carbocycles. The fraction of sp³-hybridized carbons (Fsp3) is 0.571. The zero-order valence-electron chi connectivity index (χ0n) is 17.8. The number of carbonyl (C=O) groups excluding carboxylic acids is 2. The molecule has 1 saturated heterocycles. The molecular formula is C21H28N6O2S. The van der Waals surface area contributed by atoms with Crippen LogP contribution in [-0.4, -0.2) is 56.7 Å². The highest BCUT2D eigenvalue weighted by molar-refractivity contribution is 7.09. The first-order valence-electron chi connectivity index (χ1n) is 10.5. The number of amides is 2. The van der Waals surface area contributed by atoms with Crippen LogP contribution in [0.5, 0.6) is 0 Å². The lowest BCUT2D eigenvalue weighted by Crippen LogP contribution is -2.41. The Morgan fingerprint density at radius 3 is 2.77 bits per heavy atom. The Morgan fingerprint density at radius 2 is 2.07 bits per heavy atom. The van der Waals surface area contributed by atoms with Crippen LogP contribution in [-0.2, 0) is 29.0 Å². The second-order valence-corrected chi connectivity index (χ2v) is 8.99. The minimum absolute atomic E-state index is 0.0631. The number of thiazole rings is 1. The third kappa shape index (κ3) is 4.16.